The van der Waals surface area contributed by atoms with E-state index in [4.69, 9.17) is 0 Å². The summed E-state index contributed by atoms with van der Waals surface area (Å²) >= 11 is 0. The molecule has 0 N–H and O–H groups in total. The second-order valence-corrected chi connectivity index (χ2v) is 4.35. The van der Waals surface area contributed by atoms with E-state index >= 15 is 0 Å². The van der Waals surface area contributed by atoms with Gasteiger partial charge in [-0.25, -0.2) is 15.0 Å². The topological polar surface area (TPSA) is 53.5 Å². The molecule has 3 rings (SSSR count). The third-order valence-electron chi connectivity index (χ3n) is 2.86. The zero-order valence-electron chi connectivity index (χ0n) is 10.6. The van der Waals surface area contributed by atoms with Crippen LogP contribution in [0.15, 0.2) is 31.1 Å². The molecule has 0 saturated carbocycles. The Balaban J connectivity index is 2.09. The van der Waals surface area contributed by atoms with Crippen LogP contribution in [0.3, 0.4) is 0 Å². The fourth-order valence-electron chi connectivity index (χ4n) is 1.95. The first-order valence-electron chi connectivity index (χ1n) is 5.64. The van der Waals surface area contributed by atoms with Gasteiger partial charge in [-0.2, -0.15) is 0 Å². The van der Waals surface area contributed by atoms with E-state index in [-0.39, 0.29) is 0 Å². The van der Waals surface area contributed by atoms with Crippen molar-refractivity contribution in [1.29, 1.82) is 0 Å². The van der Waals surface area contributed by atoms with Crippen molar-refractivity contribution in [2.75, 3.05) is 0 Å². The van der Waals surface area contributed by atoms with E-state index in [1.54, 1.807) is 12.5 Å². The number of aryl methyl sites for hydroxylation is 3. The van der Waals surface area contributed by atoms with Crippen molar-refractivity contribution in [1.82, 2.24) is 28.7 Å². The normalized spacial score (nSPS) is 11.1. The van der Waals surface area contributed by atoms with Crippen LogP contribution in [-0.4, -0.2) is 28.7 Å². The van der Waals surface area contributed by atoms with Crippen molar-refractivity contribution >= 4 is 0 Å². The highest BCUT2D eigenvalue weighted by Gasteiger charge is 2.13. The minimum atomic E-state index is 0.841. The highest BCUT2D eigenvalue weighted by molar-refractivity contribution is 5.57. The second-order valence-electron chi connectivity index (χ2n) is 4.35. The Morgan fingerprint density at radius 2 is 1.72 bits per heavy atom. The molecule has 6 heteroatoms. The molecule has 0 spiro atoms. The minimum absolute atomic E-state index is 0.841. The highest BCUT2D eigenvalue weighted by Crippen LogP contribution is 2.21. The summed E-state index contributed by atoms with van der Waals surface area (Å²) in [7, 11) is 5.86. The van der Waals surface area contributed by atoms with Gasteiger partial charge in [0.25, 0.3) is 0 Å². The van der Waals surface area contributed by atoms with E-state index in [9.17, 15) is 0 Å². The Labute approximate surface area is 105 Å². The molecule has 3 aromatic heterocycles. The number of rotatable bonds is 2. The average molecular weight is 242 g/mol. The Morgan fingerprint density at radius 1 is 0.889 bits per heavy atom. The van der Waals surface area contributed by atoms with Crippen LogP contribution >= 0.6 is 0 Å². The van der Waals surface area contributed by atoms with E-state index in [1.165, 1.54) is 0 Å². The summed E-state index contributed by atoms with van der Waals surface area (Å²) in [4.78, 5) is 13.2. The van der Waals surface area contributed by atoms with E-state index in [1.807, 2.05) is 53.4 Å². The first kappa shape index (κ1) is 10.8. The Bertz CT molecular complexity index is 687. The van der Waals surface area contributed by atoms with E-state index in [2.05, 4.69) is 15.0 Å². The van der Waals surface area contributed by atoms with Crippen LogP contribution < -0.4 is 0 Å². The van der Waals surface area contributed by atoms with E-state index in [0.717, 1.165) is 23.0 Å². The number of hydrogen-bond acceptors (Lipinski definition) is 3. The summed E-state index contributed by atoms with van der Waals surface area (Å²) in [5, 5.41) is 0. The van der Waals surface area contributed by atoms with Gasteiger partial charge in [0.1, 0.15) is 11.4 Å². The molecule has 0 radical (unpaired) electrons. The quantitative estimate of drug-likeness (QED) is 0.679. The summed E-state index contributed by atoms with van der Waals surface area (Å²) < 4.78 is 5.82. The number of nitrogens with zero attached hydrogens (tertiary/aromatic N) is 6. The molecule has 0 aliphatic carbocycles. The van der Waals surface area contributed by atoms with Gasteiger partial charge in [-0.3, -0.25) is 0 Å². The molecular formula is C12H14N6. The first-order valence-corrected chi connectivity index (χ1v) is 5.64. The average Bonchev–Trinajstić information content (AvgIpc) is 2.99. The van der Waals surface area contributed by atoms with Crippen molar-refractivity contribution in [3.05, 3.63) is 31.1 Å². The molecule has 0 aliphatic rings. The SMILES string of the molecule is Cn1cnc(-c2nc(-c3nccn3C)cn2C)c1. The second kappa shape index (κ2) is 3.83. The van der Waals surface area contributed by atoms with Gasteiger partial charge < -0.3 is 13.7 Å². The maximum atomic E-state index is 4.60. The van der Waals surface area contributed by atoms with Crippen LogP contribution in [0.5, 0.6) is 0 Å². The molecule has 3 heterocycles. The van der Waals surface area contributed by atoms with Crippen molar-refractivity contribution in [2.24, 2.45) is 21.1 Å². The van der Waals surface area contributed by atoms with Gasteiger partial charge >= 0.3 is 0 Å². The fraction of sp³-hybridized carbons (Fsp3) is 0.250. The van der Waals surface area contributed by atoms with E-state index in [0.29, 0.717) is 0 Å². The molecule has 0 unspecified atom stereocenters. The van der Waals surface area contributed by atoms with Gasteiger partial charge in [-0.05, 0) is 0 Å². The molecule has 0 bridgehead atoms. The van der Waals surface area contributed by atoms with Gasteiger partial charge in [-0.1, -0.05) is 0 Å². The lowest BCUT2D eigenvalue weighted by molar-refractivity contribution is 0.909. The molecule has 18 heavy (non-hydrogen) atoms. The van der Waals surface area contributed by atoms with Crippen LogP contribution in [0.25, 0.3) is 23.0 Å². The standard InChI is InChI=1S/C12H14N6/c1-16-6-9(14-8-16)12-15-10(7-18(12)3)11-13-4-5-17(11)2/h4-8H,1-3H3. The van der Waals surface area contributed by atoms with Gasteiger partial charge in [-0.15, -0.1) is 0 Å². The molecule has 0 aromatic carbocycles. The van der Waals surface area contributed by atoms with Crippen molar-refractivity contribution in [2.45, 2.75) is 0 Å². The van der Waals surface area contributed by atoms with Crippen LogP contribution in [0.1, 0.15) is 0 Å². The Morgan fingerprint density at radius 3 is 2.33 bits per heavy atom. The largest absolute Gasteiger partial charge is 0.340 e. The van der Waals surface area contributed by atoms with Crippen LogP contribution in [-0.2, 0) is 21.1 Å². The highest BCUT2D eigenvalue weighted by atomic mass is 15.1. The van der Waals surface area contributed by atoms with Crippen molar-refractivity contribution < 1.29 is 0 Å². The third-order valence-corrected chi connectivity index (χ3v) is 2.86. The number of imidazole rings is 3. The van der Waals surface area contributed by atoms with Gasteiger partial charge in [0.2, 0.25) is 0 Å². The molecule has 0 aliphatic heterocycles. The molecule has 0 saturated heterocycles. The van der Waals surface area contributed by atoms with Gasteiger partial charge in [0, 0.05) is 45.9 Å². The van der Waals surface area contributed by atoms with Crippen molar-refractivity contribution in [3.63, 3.8) is 0 Å². The maximum Gasteiger partial charge on any atom is 0.160 e. The minimum Gasteiger partial charge on any atom is -0.340 e. The molecule has 0 fully saturated rings. The van der Waals surface area contributed by atoms with Crippen LogP contribution in [0.4, 0.5) is 0 Å². The molecule has 0 amide bonds. The summed E-state index contributed by atoms with van der Waals surface area (Å²) in [6.45, 7) is 0. The van der Waals surface area contributed by atoms with Gasteiger partial charge in [0.05, 0.1) is 6.33 Å². The maximum absolute atomic E-state index is 4.60. The zero-order chi connectivity index (χ0) is 12.7. The first-order chi connectivity index (χ1) is 8.65. The molecular weight excluding hydrogens is 228 g/mol. The molecule has 92 valence electrons. The predicted molar refractivity (Wildman–Crippen MR) is 67.6 cm³/mol. The predicted octanol–water partition coefficient (Wildman–Crippen LogP) is 1.22. The lowest BCUT2D eigenvalue weighted by atomic mass is 10.4. The summed E-state index contributed by atoms with van der Waals surface area (Å²) in [5.41, 5.74) is 1.71. The third kappa shape index (κ3) is 1.62. The number of aromatic nitrogens is 6. The molecule has 3 aromatic rings. The lowest BCUT2D eigenvalue weighted by Gasteiger charge is -1.95. The fourth-order valence-corrected chi connectivity index (χ4v) is 1.95. The van der Waals surface area contributed by atoms with E-state index < -0.39 is 0 Å². The van der Waals surface area contributed by atoms with Crippen molar-refractivity contribution in [3.8, 4) is 23.0 Å². The monoisotopic (exact) mass is 242 g/mol. The summed E-state index contributed by atoms with van der Waals surface area (Å²) in [6.07, 6.45) is 9.36. The molecule has 0 atom stereocenters. The van der Waals surface area contributed by atoms with Gasteiger partial charge in [0.15, 0.2) is 11.6 Å². The van der Waals surface area contributed by atoms with Crippen LogP contribution in [0.2, 0.25) is 0 Å². The molecule has 6 nitrogen and oxygen atoms in total. The Hall–Kier alpha value is -2.37. The number of hydrogen-bond donors (Lipinski definition) is 0. The zero-order valence-corrected chi connectivity index (χ0v) is 10.6. The summed E-state index contributed by atoms with van der Waals surface area (Å²) in [5.74, 6) is 1.70. The lowest BCUT2D eigenvalue weighted by Crippen LogP contribution is -1.91. The van der Waals surface area contributed by atoms with Crippen LogP contribution in [0, 0.1) is 0 Å². The summed E-state index contributed by atoms with van der Waals surface area (Å²) in [6, 6.07) is 0. The smallest absolute Gasteiger partial charge is 0.160 e. The Kier molecular flexibility index (Phi) is 2.29.